The number of nitrogens with zero attached hydrogens (tertiary/aromatic N) is 4. The Morgan fingerprint density at radius 3 is 1.61 bits per heavy atom. The molecule has 3 aromatic heterocycles. The normalized spacial score (nSPS) is 11.6. The van der Waals surface area contributed by atoms with E-state index < -0.39 is 0 Å². The zero-order valence-electron chi connectivity index (χ0n) is 30.2. The molecule has 0 N–H and O–H groups in total. The van der Waals surface area contributed by atoms with Gasteiger partial charge in [-0.15, -0.1) is 11.3 Å². The van der Waals surface area contributed by atoms with Crippen molar-refractivity contribution in [3.63, 3.8) is 0 Å². The molecule has 0 aliphatic rings. The molecular weight excluding hydrogens is 701 g/mol. The standard InChI is InChI=1S/C51H32N4S/c1-4-14-33(15-5-1)35-26-28-39(29-27-35)55-45-25-11-10-22-40(45)41-30-31-43-42-23-13-24-44(47(42)56-48(43)46(41)55)51-53-49(36-18-8-3-9-19-36)52-50(54-51)38-21-12-20-37(32-38)34-16-6-2-7-17-34/h1-32H. The van der Waals surface area contributed by atoms with Crippen molar-refractivity contribution >= 4 is 53.3 Å². The van der Waals surface area contributed by atoms with E-state index in [2.05, 4.69) is 174 Å². The molecule has 0 bridgehead atoms. The SMILES string of the molecule is c1ccc(-c2ccc(-n3c4ccccc4c4ccc5c6cccc(-c7nc(-c8ccccc8)nc(-c8cccc(-c9ccccc9)c8)n7)c6sc5c43)cc2)cc1. The molecule has 11 rings (SSSR count). The summed E-state index contributed by atoms with van der Waals surface area (Å²) in [5, 5.41) is 4.88. The van der Waals surface area contributed by atoms with Crippen LogP contribution in [0.5, 0.6) is 0 Å². The lowest BCUT2D eigenvalue weighted by molar-refractivity contribution is 1.08. The Hall–Kier alpha value is -7.21. The topological polar surface area (TPSA) is 43.6 Å². The minimum atomic E-state index is 0.645. The number of thiophene rings is 1. The van der Waals surface area contributed by atoms with Crippen LogP contribution in [0.1, 0.15) is 0 Å². The third-order valence-electron chi connectivity index (χ3n) is 10.7. The van der Waals surface area contributed by atoms with E-state index in [1.807, 2.05) is 35.6 Å². The van der Waals surface area contributed by atoms with Crippen molar-refractivity contribution in [2.75, 3.05) is 0 Å². The minimum Gasteiger partial charge on any atom is -0.308 e. The molecule has 4 nitrogen and oxygen atoms in total. The molecule has 0 fully saturated rings. The molecule has 56 heavy (non-hydrogen) atoms. The van der Waals surface area contributed by atoms with Crippen molar-refractivity contribution in [2.45, 2.75) is 0 Å². The van der Waals surface area contributed by atoms with Crippen molar-refractivity contribution in [3.05, 3.63) is 194 Å². The summed E-state index contributed by atoms with van der Waals surface area (Å²) in [6, 6.07) is 68.5. The van der Waals surface area contributed by atoms with E-state index in [0.29, 0.717) is 17.5 Å². The van der Waals surface area contributed by atoms with E-state index >= 15 is 0 Å². The highest BCUT2D eigenvalue weighted by molar-refractivity contribution is 7.27. The first kappa shape index (κ1) is 32.2. The van der Waals surface area contributed by atoms with Crippen LogP contribution in [0.2, 0.25) is 0 Å². The first-order valence-corrected chi connectivity index (χ1v) is 19.6. The van der Waals surface area contributed by atoms with Gasteiger partial charge >= 0.3 is 0 Å². The van der Waals surface area contributed by atoms with Gasteiger partial charge in [-0.2, -0.15) is 0 Å². The Morgan fingerprint density at radius 2 is 0.857 bits per heavy atom. The molecule has 0 aliphatic carbocycles. The number of para-hydroxylation sites is 1. The predicted octanol–water partition coefficient (Wildman–Crippen LogP) is 13.7. The van der Waals surface area contributed by atoms with Gasteiger partial charge in [0.25, 0.3) is 0 Å². The summed E-state index contributed by atoms with van der Waals surface area (Å²) in [6.07, 6.45) is 0. The van der Waals surface area contributed by atoms with E-state index in [-0.39, 0.29) is 0 Å². The number of rotatable bonds is 6. The van der Waals surface area contributed by atoms with E-state index in [4.69, 9.17) is 15.0 Å². The van der Waals surface area contributed by atoms with Gasteiger partial charge in [-0.05, 0) is 52.6 Å². The van der Waals surface area contributed by atoms with Gasteiger partial charge in [-0.3, -0.25) is 0 Å². The van der Waals surface area contributed by atoms with Crippen LogP contribution in [0.15, 0.2) is 194 Å². The molecule has 11 aromatic rings. The number of fused-ring (bicyclic) bond motifs is 7. The third kappa shape index (κ3) is 5.40. The summed E-state index contributed by atoms with van der Waals surface area (Å²) in [5.41, 5.74) is 11.1. The Balaban J connectivity index is 1.13. The molecule has 0 atom stereocenters. The highest BCUT2D eigenvalue weighted by Gasteiger charge is 2.21. The van der Waals surface area contributed by atoms with Crippen LogP contribution in [-0.2, 0) is 0 Å². The molecule has 0 saturated heterocycles. The maximum atomic E-state index is 5.23. The van der Waals surface area contributed by atoms with Gasteiger partial charge in [-0.1, -0.05) is 164 Å². The average Bonchev–Trinajstić information content (AvgIpc) is 3.83. The van der Waals surface area contributed by atoms with Crippen LogP contribution in [0.3, 0.4) is 0 Å². The molecule has 0 spiro atoms. The van der Waals surface area contributed by atoms with E-state index in [9.17, 15) is 0 Å². The second-order valence-electron chi connectivity index (χ2n) is 14.0. The molecule has 262 valence electrons. The summed E-state index contributed by atoms with van der Waals surface area (Å²) >= 11 is 1.82. The van der Waals surface area contributed by atoms with Crippen molar-refractivity contribution in [3.8, 4) is 62.1 Å². The molecule has 0 aliphatic heterocycles. The van der Waals surface area contributed by atoms with Crippen molar-refractivity contribution in [1.29, 1.82) is 0 Å². The number of benzene rings is 8. The zero-order chi connectivity index (χ0) is 37.0. The molecule has 0 amide bonds. The zero-order valence-corrected chi connectivity index (χ0v) is 31.0. The summed E-state index contributed by atoms with van der Waals surface area (Å²) in [6.45, 7) is 0. The fourth-order valence-corrected chi connectivity index (χ4v) is 9.34. The maximum absolute atomic E-state index is 5.23. The number of hydrogen-bond donors (Lipinski definition) is 0. The van der Waals surface area contributed by atoms with Crippen LogP contribution in [0.25, 0.3) is 104 Å². The molecule has 5 heteroatoms. The highest BCUT2D eigenvalue weighted by atomic mass is 32.1. The van der Waals surface area contributed by atoms with Gasteiger partial charge in [0.2, 0.25) is 0 Å². The van der Waals surface area contributed by atoms with Crippen molar-refractivity contribution in [2.24, 2.45) is 0 Å². The molecule has 0 unspecified atom stereocenters. The van der Waals surface area contributed by atoms with Gasteiger partial charge in [0.1, 0.15) is 0 Å². The van der Waals surface area contributed by atoms with Crippen LogP contribution in [0.4, 0.5) is 0 Å². The molecule has 0 radical (unpaired) electrons. The van der Waals surface area contributed by atoms with Crippen molar-refractivity contribution < 1.29 is 0 Å². The summed E-state index contributed by atoms with van der Waals surface area (Å²) in [4.78, 5) is 15.5. The Kier molecular flexibility index (Phi) is 7.64. The molecule has 0 saturated carbocycles. The van der Waals surface area contributed by atoms with Gasteiger partial charge < -0.3 is 4.57 Å². The van der Waals surface area contributed by atoms with E-state index in [0.717, 1.165) is 38.2 Å². The molecular formula is C51H32N4S. The van der Waals surface area contributed by atoms with Crippen LogP contribution < -0.4 is 0 Å². The van der Waals surface area contributed by atoms with Gasteiger partial charge in [0.15, 0.2) is 17.5 Å². The lowest BCUT2D eigenvalue weighted by Crippen LogP contribution is -2.00. The second-order valence-corrected chi connectivity index (χ2v) is 15.0. The molecule has 8 aromatic carbocycles. The lowest BCUT2D eigenvalue weighted by Gasteiger charge is -2.10. The highest BCUT2D eigenvalue weighted by Crippen LogP contribution is 2.45. The quantitative estimate of drug-likeness (QED) is 0.171. The minimum absolute atomic E-state index is 0.645. The fraction of sp³-hybridized carbons (Fsp3) is 0. The lowest BCUT2D eigenvalue weighted by atomic mass is 10.0. The summed E-state index contributed by atoms with van der Waals surface area (Å²) in [7, 11) is 0. The summed E-state index contributed by atoms with van der Waals surface area (Å²) < 4.78 is 4.83. The van der Waals surface area contributed by atoms with Gasteiger partial charge in [-0.25, -0.2) is 15.0 Å². The number of hydrogen-bond acceptors (Lipinski definition) is 4. The van der Waals surface area contributed by atoms with Gasteiger partial charge in [0, 0.05) is 48.6 Å². The van der Waals surface area contributed by atoms with Crippen LogP contribution in [0, 0.1) is 0 Å². The van der Waals surface area contributed by atoms with E-state index in [1.54, 1.807) is 0 Å². The predicted molar refractivity (Wildman–Crippen MR) is 234 cm³/mol. The first-order chi connectivity index (χ1) is 27.8. The van der Waals surface area contributed by atoms with Crippen molar-refractivity contribution in [1.82, 2.24) is 19.5 Å². The Bertz CT molecular complexity index is 3220. The van der Waals surface area contributed by atoms with Crippen LogP contribution >= 0.6 is 11.3 Å². The largest absolute Gasteiger partial charge is 0.308 e. The molecule has 3 heterocycles. The second kappa shape index (κ2) is 13.3. The van der Waals surface area contributed by atoms with Gasteiger partial charge in [0.05, 0.1) is 15.7 Å². The Labute approximate surface area is 327 Å². The smallest absolute Gasteiger partial charge is 0.165 e. The van der Waals surface area contributed by atoms with Crippen LogP contribution in [-0.4, -0.2) is 19.5 Å². The summed E-state index contributed by atoms with van der Waals surface area (Å²) in [5.74, 6) is 1.95. The third-order valence-corrected chi connectivity index (χ3v) is 11.9. The van der Waals surface area contributed by atoms with E-state index in [1.165, 1.54) is 48.4 Å². The average molecular weight is 733 g/mol. The maximum Gasteiger partial charge on any atom is 0.165 e. The monoisotopic (exact) mass is 732 g/mol. The fourth-order valence-electron chi connectivity index (χ4n) is 7.99. The number of aromatic nitrogens is 4. The Morgan fingerprint density at radius 1 is 0.339 bits per heavy atom. The first-order valence-electron chi connectivity index (χ1n) is 18.8.